The van der Waals surface area contributed by atoms with E-state index >= 15 is 0 Å². The fourth-order valence-corrected chi connectivity index (χ4v) is 3.70. The second-order valence-corrected chi connectivity index (χ2v) is 6.18. The highest BCUT2D eigenvalue weighted by molar-refractivity contribution is 5.79. The molecule has 2 fully saturated rings. The van der Waals surface area contributed by atoms with Crippen molar-refractivity contribution < 1.29 is 4.79 Å². The van der Waals surface area contributed by atoms with E-state index < -0.39 is 0 Å². The number of carbonyl (C=O) groups is 1. The zero-order valence-corrected chi connectivity index (χ0v) is 12.6. The lowest BCUT2D eigenvalue weighted by atomic mass is 9.94. The van der Waals surface area contributed by atoms with Gasteiger partial charge in [0.05, 0.1) is 0 Å². The molecule has 1 heterocycles. The van der Waals surface area contributed by atoms with E-state index in [4.69, 9.17) is 5.73 Å². The summed E-state index contributed by atoms with van der Waals surface area (Å²) in [6, 6.07) is 10.4. The largest absolute Gasteiger partial charge is 0.368 e. The monoisotopic (exact) mass is 287 g/mol. The molecule has 21 heavy (non-hydrogen) atoms. The molecule has 4 nitrogen and oxygen atoms in total. The molecule has 2 atom stereocenters. The van der Waals surface area contributed by atoms with E-state index in [2.05, 4.69) is 34.1 Å². The molecule has 2 aliphatic rings. The number of carbonyl (C=O) groups excluding carboxylic acids is 1. The van der Waals surface area contributed by atoms with Crippen LogP contribution in [0.4, 0.5) is 5.69 Å². The van der Waals surface area contributed by atoms with Gasteiger partial charge in [0.1, 0.15) is 0 Å². The van der Waals surface area contributed by atoms with Crippen LogP contribution in [-0.4, -0.2) is 43.5 Å². The Morgan fingerprint density at radius 2 is 1.81 bits per heavy atom. The molecule has 0 bridgehead atoms. The van der Waals surface area contributed by atoms with E-state index in [-0.39, 0.29) is 5.92 Å². The number of amides is 1. The van der Waals surface area contributed by atoms with E-state index in [9.17, 15) is 4.79 Å². The highest BCUT2D eigenvalue weighted by atomic mass is 16.2. The zero-order valence-electron chi connectivity index (χ0n) is 12.6. The third kappa shape index (κ3) is 3.05. The molecule has 1 saturated carbocycles. The number of benzene rings is 1. The Morgan fingerprint density at radius 1 is 1.10 bits per heavy atom. The maximum Gasteiger partial charge on any atom is 0.226 e. The van der Waals surface area contributed by atoms with Crippen LogP contribution in [0.5, 0.6) is 0 Å². The van der Waals surface area contributed by atoms with Crippen LogP contribution in [0.25, 0.3) is 0 Å². The maximum atomic E-state index is 12.7. The van der Waals surface area contributed by atoms with Crippen LogP contribution in [0.1, 0.15) is 19.3 Å². The molecule has 114 valence electrons. The molecular weight excluding hydrogens is 262 g/mol. The Kier molecular flexibility index (Phi) is 4.44. The second kappa shape index (κ2) is 6.48. The first-order valence-electron chi connectivity index (χ1n) is 8.08. The number of rotatable bonds is 3. The SMILES string of the molecule is NCC1CCCC1C(=O)N1CCN(c2ccccc2)CC1. The van der Waals surface area contributed by atoms with Crippen molar-refractivity contribution in [1.82, 2.24) is 4.90 Å². The van der Waals surface area contributed by atoms with Crippen molar-refractivity contribution in [3.63, 3.8) is 0 Å². The Labute approximate surface area is 126 Å². The third-order valence-electron chi connectivity index (χ3n) is 4.99. The summed E-state index contributed by atoms with van der Waals surface area (Å²) in [4.78, 5) is 17.1. The predicted octanol–water partition coefficient (Wildman–Crippen LogP) is 1.71. The number of hydrogen-bond donors (Lipinski definition) is 1. The normalized spacial score (nSPS) is 26.1. The first kappa shape index (κ1) is 14.4. The number of nitrogens with zero attached hydrogens (tertiary/aromatic N) is 2. The van der Waals surface area contributed by atoms with Gasteiger partial charge in [0.25, 0.3) is 0 Å². The van der Waals surface area contributed by atoms with Crippen LogP contribution < -0.4 is 10.6 Å². The lowest BCUT2D eigenvalue weighted by Gasteiger charge is -2.37. The van der Waals surface area contributed by atoms with Crippen molar-refractivity contribution in [3.05, 3.63) is 30.3 Å². The van der Waals surface area contributed by atoms with Crippen molar-refractivity contribution in [2.24, 2.45) is 17.6 Å². The van der Waals surface area contributed by atoms with Gasteiger partial charge in [-0.15, -0.1) is 0 Å². The van der Waals surface area contributed by atoms with Gasteiger partial charge in [-0.3, -0.25) is 4.79 Å². The van der Waals surface area contributed by atoms with Gasteiger partial charge < -0.3 is 15.5 Å². The summed E-state index contributed by atoms with van der Waals surface area (Å²) in [6.07, 6.45) is 3.30. The molecule has 0 aromatic heterocycles. The lowest BCUT2D eigenvalue weighted by molar-refractivity contribution is -0.136. The average molecular weight is 287 g/mol. The molecule has 4 heteroatoms. The van der Waals surface area contributed by atoms with Gasteiger partial charge >= 0.3 is 0 Å². The number of piperazine rings is 1. The van der Waals surface area contributed by atoms with E-state index in [0.29, 0.717) is 18.4 Å². The van der Waals surface area contributed by atoms with E-state index in [1.165, 1.54) is 5.69 Å². The van der Waals surface area contributed by atoms with E-state index in [1.54, 1.807) is 0 Å². The highest BCUT2D eigenvalue weighted by Crippen LogP contribution is 2.32. The lowest BCUT2D eigenvalue weighted by Crippen LogP contribution is -2.51. The molecule has 3 rings (SSSR count). The van der Waals surface area contributed by atoms with Gasteiger partial charge in [-0.05, 0) is 37.4 Å². The topological polar surface area (TPSA) is 49.6 Å². The molecule has 1 saturated heterocycles. The summed E-state index contributed by atoms with van der Waals surface area (Å²) >= 11 is 0. The smallest absolute Gasteiger partial charge is 0.226 e. The molecular formula is C17H25N3O. The minimum Gasteiger partial charge on any atom is -0.368 e. The van der Waals surface area contributed by atoms with Crippen molar-refractivity contribution in [3.8, 4) is 0 Å². The molecule has 2 unspecified atom stereocenters. The summed E-state index contributed by atoms with van der Waals surface area (Å²) in [6.45, 7) is 4.18. The third-order valence-corrected chi connectivity index (χ3v) is 4.99. The number of para-hydroxylation sites is 1. The number of anilines is 1. The fraction of sp³-hybridized carbons (Fsp3) is 0.588. The van der Waals surface area contributed by atoms with E-state index in [1.807, 2.05) is 6.07 Å². The van der Waals surface area contributed by atoms with Gasteiger partial charge in [-0.2, -0.15) is 0 Å². The molecule has 0 spiro atoms. The number of hydrogen-bond acceptors (Lipinski definition) is 3. The Hall–Kier alpha value is -1.55. The quantitative estimate of drug-likeness (QED) is 0.921. The van der Waals surface area contributed by atoms with Crippen LogP contribution in [0, 0.1) is 11.8 Å². The van der Waals surface area contributed by atoms with Crippen molar-refractivity contribution in [2.45, 2.75) is 19.3 Å². The van der Waals surface area contributed by atoms with Gasteiger partial charge in [0, 0.05) is 37.8 Å². The van der Waals surface area contributed by atoms with E-state index in [0.717, 1.165) is 45.4 Å². The Bertz CT molecular complexity index is 468. The van der Waals surface area contributed by atoms with Crippen molar-refractivity contribution >= 4 is 11.6 Å². The number of nitrogens with two attached hydrogens (primary N) is 1. The molecule has 1 aliphatic carbocycles. The second-order valence-electron chi connectivity index (χ2n) is 6.18. The molecule has 0 radical (unpaired) electrons. The average Bonchev–Trinajstić information content (AvgIpc) is 3.04. The van der Waals surface area contributed by atoms with Crippen LogP contribution in [-0.2, 0) is 4.79 Å². The van der Waals surface area contributed by atoms with Crippen molar-refractivity contribution in [2.75, 3.05) is 37.6 Å². The van der Waals surface area contributed by atoms with Crippen molar-refractivity contribution in [1.29, 1.82) is 0 Å². The highest BCUT2D eigenvalue weighted by Gasteiger charge is 2.35. The fourth-order valence-electron chi connectivity index (χ4n) is 3.70. The zero-order chi connectivity index (χ0) is 14.7. The molecule has 1 aliphatic heterocycles. The maximum absolute atomic E-state index is 12.7. The first-order valence-corrected chi connectivity index (χ1v) is 8.08. The van der Waals surface area contributed by atoms with Gasteiger partial charge in [-0.25, -0.2) is 0 Å². The Morgan fingerprint density at radius 3 is 2.48 bits per heavy atom. The molecule has 1 aromatic rings. The Balaban J connectivity index is 1.57. The summed E-state index contributed by atoms with van der Waals surface area (Å²) in [7, 11) is 0. The predicted molar refractivity (Wildman–Crippen MR) is 85.1 cm³/mol. The van der Waals surface area contributed by atoms with Crippen LogP contribution in [0.2, 0.25) is 0 Å². The summed E-state index contributed by atoms with van der Waals surface area (Å²) in [5, 5.41) is 0. The molecule has 2 N–H and O–H groups in total. The van der Waals surface area contributed by atoms with Gasteiger partial charge in [-0.1, -0.05) is 24.6 Å². The molecule has 1 aromatic carbocycles. The standard InChI is InChI=1S/C17H25N3O/c18-13-14-5-4-8-16(14)17(21)20-11-9-19(10-12-20)15-6-2-1-3-7-15/h1-3,6-7,14,16H,4-5,8-13,18H2. The van der Waals surface area contributed by atoms with Crippen LogP contribution in [0.15, 0.2) is 30.3 Å². The summed E-state index contributed by atoms with van der Waals surface area (Å²) in [5.74, 6) is 0.929. The van der Waals surface area contributed by atoms with Crippen LogP contribution >= 0.6 is 0 Å². The first-order chi connectivity index (χ1) is 10.3. The minimum atomic E-state index is 0.179. The summed E-state index contributed by atoms with van der Waals surface area (Å²) in [5.41, 5.74) is 7.07. The van der Waals surface area contributed by atoms with Gasteiger partial charge in [0.2, 0.25) is 5.91 Å². The summed E-state index contributed by atoms with van der Waals surface area (Å²) < 4.78 is 0. The minimum absolute atomic E-state index is 0.179. The van der Waals surface area contributed by atoms with Crippen LogP contribution in [0.3, 0.4) is 0 Å². The van der Waals surface area contributed by atoms with Gasteiger partial charge in [0.15, 0.2) is 0 Å². The molecule has 1 amide bonds.